The lowest BCUT2D eigenvalue weighted by atomic mass is 10.2. The molecule has 0 amide bonds. The lowest BCUT2D eigenvalue weighted by Gasteiger charge is -2.14. The van der Waals surface area contributed by atoms with E-state index in [1.54, 1.807) is 21.3 Å². The standard InChI is InChI=1S/C14H18N4O2/c1-15-13-12(20-3)14(17-9-16-13)18-11-7-5-4-6-10(11)8-19-2/h4-7,9H,8H2,1-3H3,(H2,15,16,17,18). The Balaban J connectivity index is 2.35. The van der Waals surface area contributed by atoms with E-state index in [2.05, 4.69) is 20.6 Å². The van der Waals surface area contributed by atoms with Gasteiger partial charge in [0.05, 0.1) is 13.7 Å². The van der Waals surface area contributed by atoms with Crippen molar-refractivity contribution in [1.29, 1.82) is 0 Å². The number of aromatic nitrogens is 2. The summed E-state index contributed by atoms with van der Waals surface area (Å²) in [5.74, 6) is 1.81. The first-order chi connectivity index (χ1) is 9.80. The number of hydrogen-bond donors (Lipinski definition) is 2. The van der Waals surface area contributed by atoms with Crippen LogP contribution in [0.1, 0.15) is 5.56 Å². The van der Waals surface area contributed by atoms with Crippen LogP contribution in [-0.2, 0) is 11.3 Å². The van der Waals surface area contributed by atoms with Gasteiger partial charge in [-0.1, -0.05) is 18.2 Å². The summed E-state index contributed by atoms with van der Waals surface area (Å²) in [6, 6.07) is 7.89. The molecule has 0 aliphatic carbocycles. The third-order valence-electron chi connectivity index (χ3n) is 2.82. The molecule has 0 radical (unpaired) electrons. The fourth-order valence-corrected chi connectivity index (χ4v) is 1.89. The van der Waals surface area contributed by atoms with Gasteiger partial charge in [-0.05, 0) is 6.07 Å². The number of rotatable bonds is 6. The maximum atomic E-state index is 5.36. The van der Waals surface area contributed by atoms with Crippen LogP contribution in [-0.4, -0.2) is 31.2 Å². The van der Waals surface area contributed by atoms with E-state index in [0.717, 1.165) is 11.3 Å². The third kappa shape index (κ3) is 2.97. The Bertz CT molecular complexity index is 575. The lowest BCUT2D eigenvalue weighted by Crippen LogP contribution is -2.04. The molecule has 0 fully saturated rings. The molecule has 1 aromatic heterocycles. The molecule has 2 N–H and O–H groups in total. The predicted octanol–water partition coefficient (Wildman–Crippen LogP) is 2.42. The first kappa shape index (κ1) is 14.1. The molecular formula is C14H18N4O2. The summed E-state index contributed by atoms with van der Waals surface area (Å²) in [5, 5.41) is 6.23. The summed E-state index contributed by atoms with van der Waals surface area (Å²) in [6.45, 7) is 0.523. The molecule has 0 unspecified atom stereocenters. The van der Waals surface area contributed by atoms with Crippen LogP contribution in [0.5, 0.6) is 5.75 Å². The van der Waals surface area contributed by atoms with Crippen LogP contribution in [0.15, 0.2) is 30.6 Å². The molecule has 1 aromatic carbocycles. The van der Waals surface area contributed by atoms with Gasteiger partial charge in [0.2, 0.25) is 5.75 Å². The fraction of sp³-hybridized carbons (Fsp3) is 0.286. The Labute approximate surface area is 118 Å². The van der Waals surface area contributed by atoms with Gasteiger partial charge in [0.1, 0.15) is 6.33 Å². The summed E-state index contributed by atoms with van der Waals surface area (Å²) >= 11 is 0. The molecule has 1 heterocycles. The van der Waals surface area contributed by atoms with E-state index in [0.29, 0.717) is 24.0 Å². The average Bonchev–Trinajstić information content (AvgIpc) is 2.49. The maximum Gasteiger partial charge on any atom is 0.204 e. The summed E-state index contributed by atoms with van der Waals surface area (Å²) in [6.07, 6.45) is 1.48. The van der Waals surface area contributed by atoms with Crippen molar-refractivity contribution >= 4 is 17.3 Å². The van der Waals surface area contributed by atoms with E-state index in [1.165, 1.54) is 6.33 Å². The minimum atomic E-state index is 0.523. The molecule has 0 bridgehead atoms. The molecule has 2 rings (SSSR count). The second kappa shape index (κ2) is 6.72. The number of benzene rings is 1. The van der Waals surface area contributed by atoms with Gasteiger partial charge in [0.25, 0.3) is 0 Å². The largest absolute Gasteiger partial charge is 0.490 e. The highest BCUT2D eigenvalue weighted by Gasteiger charge is 2.12. The van der Waals surface area contributed by atoms with E-state index in [9.17, 15) is 0 Å². The van der Waals surface area contributed by atoms with Crippen LogP contribution < -0.4 is 15.4 Å². The number of hydrogen-bond acceptors (Lipinski definition) is 6. The molecule has 2 aromatic rings. The average molecular weight is 274 g/mol. The third-order valence-corrected chi connectivity index (χ3v) is 2.82. The maximum absolute atomic E-state index is 5.36. The van der Waals surface area contributed by atoms with E-state index in [4.69, 9.17) is 9.47 Å². The van der Waals surface area contributed by atoms with Crippen LogP contribution in [0.2, 0.25) is 0 Å². The smallest absolute Gasteiger partial charge is 0.204 e. The van der Waals surface area contributed by atoms with Gasteiger partial charge in [0, 0.05) is 25.4 Å². The zero-order valence-corrected chi connectivity index (χ0v) is 11.8. The van der Waals surface area contributed by atoms with Crippen LogP contribution in [0.3, 0.4) is 0 Å². The molecule has 0 saturated carbocycles. The number of nitrogens with one attached hydrogen (secondary N) is 2. The van der Waals surface area contributed by atoms with Crippen molar-refractivity contribution in [1.82, 2.24) is 9.97 Å². The van der Waals surface area contributed by atoms with Gasteiger partial charge >= 0.3 is 0 Å². The van der Waals surface area contributed by atoms with Gasteiger partial charge in [-0.15, -0.1) is 0 Å². The number of anilines is 3. The topological polar surface area (TPSA) is 68.3 Å². The van der Waals surface area contributed by atoms with Crippen molar-refractivity contribution in [2.75, 3.05) is 31.9 Å². The van der Waals surface area contributed by atoms with Crippen LogP contribution >= 0.6 is 0 Å². The van der Waals surface area contributed by atoms with Crippen molar-refractivity contribution in [3.05, 3.63) is 36.2 Å². The Kier molecular flexibility index (Phi) is 4.73. The van der Waals surface area contributed by atoms with Gasteiger partial charge in [-0.2, -0.15) is 0 Å². The van der Waals surface area contributed by atoms with Crippen molar-refractivity contribution in [2.45, 2.75) is 6.61 Å². The summed E-state index contributed by atoms with van der Waals surface area (Å²) < 4.78 is 10.5. The van der Waals surface area contributed by atoms with Crippen LogP contribution in [0.25, 0.3) is 0 Å². The Morgan fingerprint density at radius 1 is 1.10 bits per heavy atom. The highest BCUT2D eigenvalue weighted by molar-refractivity contribution is 5.70. The zero-order valence-electron chi connectivity index (χ0n) is 11.8. The summed E-state index contributed by atoms with van der Waals surface area (Å²) in [5.41, 5.74) is 1.97. The van der Waals surface area contributed by atoms with Crippen molar-refractivity contribution in [3.63, 3.8) is 0 Å². The summed E-state index contributed by atoms with van der Waals surface area (Å²) in [7, 11) is 5.04. The molecule has 0 saturated heterocycles. The quantitative estimate of drug-likeness (QED) is 0.843. The second-order valence-electron chi connectivity index (χ2n) is 4.07. The molecule has 0 aliphatic heterocycles. The molecule has 20 heavy (non-hydrogen) atoms. The highest BCUT2D eigenvalue weighted by Crippen LogP contribution is 2.31. The Hall–Kier alpha value is -2.34. The Morgan fingerprint density at radius 2 is 1.85 bits per heavy atom. The van der Waals surface area contributed by atoms with E-state index >= 15 is 0 Å². The number of para-hydroxylation sites is 1. The molecule has 6 nitrogen and oxygen atoms in total. The minimum absolute atomic E-state index is 0.523. The van der Waals surface area contributed by atoms with Crippen molar-refractivity contribution in [3.8, 4) is 5.75 Å². The van der Waals surface area contributed by atoms with E-state index in [1.807, 2.05) is 24.3 Å². The van der Waals surface area contributed by atoms with Gasteiger partial charge in [-0.3, -0.25) is 0 Å². The second-order valence-corrected chi connectivity index (χ2v) is 4.07. The molecule has 106 valence electrons. The number of ether oxygens (including phenoxy) is 2. The number of methoxy groups -OCH3 is 2. The SMILES string of the molecule is CNc1ncnc(Nc2ccccc2COC)c1OC. The first-order valence-electron chi connectivity index (χ1n) is 6.20. The van der Waals surface area contributed by atoms with Crippen LogP contribution in [0, 0.1) is 0 Å². The molecule has 0 atom stereocenters. The zero-order chi connectivity index (χ0) is 14.4. The normalized spacial score (nSPS) is 10.2. The number of nitrogens with zero attached hydrogens (tertiary/aromatic N) is 2. The van der Waals surface area contributed by atoms with Crippen molar-refractivity contribution < 1.29 is 9.47 Å². The predicted molar refractivity (Wildman–Crippen MR) is 78.6 cm³/mol. The first-order valence-corrected chi connectivity index (χ1v) is 6.20. The molecular weight excluding hydrogens is 256 g/mol. The van der Waals surface area contributed by atoms with E-state index in [-0.39, 0.29) is 0 Å². The van der Waals surface area contributed by atoms with Crippen LogP contribution in [0.4, 0.5) is 17.3 Å². The fourth-order valence-electron chi connectivity index (χ4n) is 1.89. The Morgan fingerprint density at radius 3 is 2.55 bits per heavy atom. The van der Waals surface area contributed by atoms with Gasteiger partial charge in [-0.25, -0.2) is 9.97 Å². The molecule has 6 heteroatoms. The van der Waals surface area contributed by atoms with Gasteiger partial charge in [0.15, 0.2) is 11.6 Å². The minimum Gasteiger partial charge on any atom is -0.490 e. The van der Waals surface area contributed by atoms with Gasteiger partial charge < -0.3 is 20.1 Å². The lowest BCUT2D eigenvalue weighted by molar-refractivity contribution is 0.185. The molecule has 0 aliphatic rings. The van der Waals surface area contributed by atoms with Crippen molar-refractivity contribution in [2.24, 2.45) is 0 Å². The highest BCUT2D eigenvalue weighted by atomic mass is 16.5. The van der Waals surface area contributed by atoms with E-state index < -0.39 is 0 Å². The summed E-state index contributed by atoms with van der Waals surface area (Å²) in [4.78, 5) is 8.34. The monoisotopic (exact) mass is 274 g/mol. The molecule has 0 spiro atoms.